The molecule has 7 heteroatoms. The third-order valence-electron chi connectivity index (χ3n) is 2.06. The number of benzene rings is 1. The Morgan fingerprint density at radius 2 is 1.95 bits per heavy atom. The van der Waals surface area contributed by atoms with Crippen LogP contribution in [-0.2, 0) is 4.79 Å². The zero-order valence-corrected chi connectivity index (χ0v) is 11.4. The lowest BCUT2D eigenvalue weighted by atomic mass is 10.3. The van der Waals surface area contributed by atoms with Gasteiger partial charge in [-0.25, -0.2) is 0 Å². The SMILES string of the molecule is CC(C)NCC(=O)Nc1ccccc1SC(F)(F)F. The molecule has 0 aliphatic rings. The number of hydrogen-bond acceptors (Lipinski definition) is 3. The minimum Gasteiger partial charge on any atom is -0.324 e. The van der Waals surface area contributed by atoms with Crippen LogP contribution in [0.5, 0.6) is 0 Å². The molecule has 19 heavy (non-hydrogen) atoms. The lowest BCUT2D eigenvalue weighted by Gasteiger charge is -2.13. The number of anilines is 1. The first kappa shape index (κ1) is 15.8. The quantitative estimate of drug-likeness (QED) is 0.819. The maximum absolute atomic E-state index is 12.4. The van der Waals surface area contributed by atoms with Crippen molar-refractivity contribution < 1.29 is 18.0 Å². The van der Waals surface area contributed by atoms with Crippen LogP contribution in [0.1, 0.15) is 13.8 Å². The van der Waals surface area contributed by atoms with Crippen LogP contribution in [0.4, 0.5) is 18.9 Å². The van der Waals surface area contributed by atoms with Crippen LogP contribution in [0.15, 0.2) is 29.2 Å². The van der Waals surface area contributed by atoms with Crippen molar-refractivity contribution in [3.8, 4) is 0 Å². The van der Waals surface area contributed by atoms with Gasteiger partial charge in [0.25, 0.3) is 0 Å². The Bertz CT molecular complexity index is 435. The summed E-state index contributed by atoms with van der Waals surface area (Å²) in [6, 6.07) is 5.97. The molecule has 1 aromatic carbocycles. The Balaban J connectivity index is 2.70. The number of para-hydroxylation sites is 1. The molecule has 0 bridgehead atoms. The summed E-state index contributed by atoms with van der Waals surface area (Å²) in [6.07, 6.45) is 0. The van der Waals surface area contributed by atoms with Gasteiger partial charge in [-0.2, -0.15) is 13.2 Å². The van der Waals surface area contributed by atoms with E-state index in [1.54, 1.807) is 6.07 Å². The summed E-state index contributed by atoms with van der Waals surface area (Å²) in [5.41, 5.74) is -4.21. The summed E-state index contributed by atoms with van der Waals surface area (Å²) in [7, 11) is 0. The van der Waals surface area contributed by atoms with E-state index in [0.717, 1.165) is 0 Å². The average molecular weight is 292 g/mol. The largest absolute Gasteiger partial charge is 0.446 e. The van der Waals surface area contributed by atoms with Gasteiger partial charge in [-0.1, -0.05) is 26.0 Å². The van der Waals surface area contributed by atoms with Crippen molar-refractivity contribution in [2.24, 2.45) is 0 Å². The molecule has 1 rings (SSSR count). The van der Waals surface area contributed by atoms with E-state index in [2.05, 4.69) is 10.6 Å². The van der Waals surface area contributed by atoms with Gasteiger partial charge in [-0.3, -0.25) is 4.79 Å². The van der Waals surface area contributed by atoms with Gasteiger partial charge in [-0.05, 0) is 23.9 Å². The molecule has 0 atom stereocenters. The molecule has 0 spiro atoms. The summed E-state index contributed by atoms with van der Waals surface area (Å²) >= 11 is -0.241. The van der Waals surface area contributed by atoms with Crippen molar-refractivity contribution in [1.82, 2.24) is 5.32 Å². The lowest BCUT2D eigenvalue weighted by molar-refractivity contribution is -0.115. The molecule has 2 N–H and O–H groups in total. The highest BCUT2D eigenvalue weighted by atomic mass is 32.2. The van der Waals surface area contributed by atoms with Crippen LogP contribution in [0.2, 0.25) is 0 Å². The summed E-state index contributed by atoms with van der Waals surface area (Å²) in [5, 5.41) is 5.36. The molecule has 0 saturated heterocycles. The van der Waals surface area contributed by atoms with E-state index >= 15 is 0 Å². The topological polar surface area (TPSA) is 41.1 Å². The van der Waals surface area contributed by atoms with E-state index in [-0.39, 0.29) is 40.8 Å². The zero-order valence-electron chi connectivity index (χ0n) is 10.5. The Hall–Kier alpha value is -1.21. The van der Waals surface area contributed by atoms with Crippen molar-refractivity contribution in [2.75, 3.05) is 11.9 Å². The predicted molar refractivity (Wildman–Crippen MR) is 70.1 cm³/mol. The minimum atomic E-state index is -4.38. The third-order valence-corrected chi connectivity index (χ3v) is 2.87. The standard InChI is InChI=1S/C12H15F3N2OS/c1-8(2)16-7-11(18)17-9-5-3-4-6-10(9)19-12(13,14)15/h3-6,8,16H,7H2,1-2H3,(H,17,18). The first-order valence-electron chi connectivity index (χ1n) is 5.66. The van der Waals surface area contributed by atoms with Crippen LogP contribution in [0.25, 0.3) is 0 Å². The van der Waals surface area contributed by atoms with Crippen LogP contribution < -0.4 is 10.6 Å². The Labute approximate surface area is 114 Å². The van der Waals surface area contributed by atoms with Gasteiger partial charge in [0.1, 0.15) is 0 Å². The van der Waals surface area contributed by atoms with Crippen molar-refractivity contribution in [2.45, 2.75) is 30.3 Å². The molecular weight excluding hydrogens is 277 g/mol. The van der Waals surface area contributed by atoms with Gasteiger partial charge in [0, 0.05) is 10.9 Å². The second-order valence-electron chi connectivity index (χ2n) is 4.13. The number of rotatable bonds is 5. The van der Waals surface area contributed by atoms with E-state index < -0.39 is 5.51 Å². The fourth-order valence-electron chi connectivity index (χ4n) is 1.27. The molecule has 0 heterocycles. The monoisotopic (exact) mass is 292 g/mol. The van der Waals surface area contributed by atoms with Gasteiger partial charge >= 0.3 is 5.51 Å². The second-order valence-corrected chi connectivity index (χ2v) is 5.23. The molecule has 0 aliphatic carbocycles. The smallest absolute Gasteiger partial charge is 0.324 e. The third kappa shape index (κ3) is 6.49. The highest BCUT2D eigenvalue weighted by molar-refractivity contribution is 8.00. The summed E-state index contributed by atoms with van der Waals surface area (Å²) in [6.45, 7) is 3.81. The predicted octanol–water partition coefficient (Wildman–Crippen LogP) is 3.24. The van der Waals surface area contributed by atoms with E-state index in [1.807, 2.05) is 13.8 Å². The Kier molecular flexibility index (Phi) is 5.68. The maximum atomic E-state index is 12.4. The Morgan fingerprint density at radius 3 is 2.53 bits per heavy atom. The molecule has 0 fully saturated rings. The van der Waals surface area contributed by atoms with E-state index in [9.17, 15) is 18.0 Å². The number of carbonyl (C=O) groups excluding carboxylic acids is 1. The maximum Gasteiger partial charge on any atom is 0.446 e. The fourth-order valence-corrected chi connectivity index (χ4v) is 1.90. The van der Waals surface area contributed by atoms with Crippen molar-refractivity contribution >= 4 is 23.4 Å². The molecule has 1 amide bonds. The summed E-state index contributed by atoms with van der Waals surface area (Å²) in [5.74, 6) is -0.371. The number of carbonyl (C=O) groups is 1. The average Bonchev–Trinajstić information content (AvgIpc) is 2.27. The Morgan fingerprint density at radius 1 is 1.32 bits per heavy atom. The number of nitrogens with one attached hydrogen (secondary N) is 2. The number of alkyl halides is 3. The van der Waals surface area contributed by atoms with Crippen LogP contribution in [-0.4, -0.2) is 24.0 Å². The zero-order chi connectivity index (χ0) is 14.5. The van der Waals surface area contributed by atoms with Gasteiger partial charge in [0.15, 0.2) is 0 Å². The number of hydrogen-bond donors (Lipinski definition) is 2. The number of halogens is 3. The van der Waals surface area contributed by atoms with Crippen molar-refractivity contribution in [3.63, 3.8) is 0 Å². The molecule has 0 radical (unpaired) electrons. The molecule has 0 saturated carbocycles. The fraction of sp³-hybridized carbons (Fsp3) is 0.417. The van der Waals surface area contributed by atoms with Gasteiger partial charge in [-0.15, -0.1) is 0 Å². The second kappa shape index (κ2) is 6.81. The number of thioether (sulfide) groups is 1. The van der Waals surface area contributed by atoms with Crippen LogP contribution >= 0.6 is 11.8 Å². The lowest BCUT2D eigenvalue weighted by Crippen LogP contribution is -2.32. The van der Waals surface area contributed by atoms with Crippen LogP contribution in [0.3, 0.4) is 0 Å². The van der Waals surface area contributed by atoms with E-state index in [1.165, 1.54) is 18.2 Å². The summed E-state index contributed by atoms with van der Waals surface area (Å²) < 4.78 is 37.1. The first-order chi connectivity index (χ1) is 8.78. The van der Waals surface area contributed by atoms with Crippen molar-refractivity contribution in [1.29, 1.82) is 0 Å². The summed E-state index contributed by atoms with van der Waals surface area (Å²) in [4.78, 5) is 11.6. The van der Waals surface area contributed by atoms with Gasteiger partial charge in [0.05, 0.1) is 12.2 Å². The van der Waals surface area contributed by atoms with E-state index in [0.29, 0.717) is 0 Å². The van der Waals surface area contributed by atoms with Crippen molar-refractivity contribution in [3.05, 3.63) is 24.3 Å². The van der Waals surface area contributed by atoms with Gasteiger partial charge in [0.2, 0.25) is 5.91 Å². The van der Waals surface area contributed by atoms with E-state index in [4.69, 9.17) is 0 Å². The minimum absolute atomic E-state index is 0.0205. The molecule has 0 aliphatic heterocycles. The molecule has 0 unspecified atom stereocenters. The first-order valence-corrected chi connectivity index (χ1v) is 6.47. The molecule has 1 aromatic rings. The normalized spacial score (nSPS) is 11.7. The van der Waals surface area contributed by atoms with Gasteiger partial charge < -0.3 is 10.6 Å². The molecule has 3 nitrogen and oxygen atoms in total. The molecule has 106 valence electrons. The molecular formula is C12H15F3N2OS. The van der Waals surface area contributed by atoms with Crippen LogP contribution in [0, 0.1) is 0 Å². The highest BCUT2D eigenvalue weighted by Gasteiger charge is 2.30. The molecule has 0 aromatic heterocycles. The highest BCUT2D eigenvalue weighted by Crippen LogP contribution is 2.40. The number of amides is 1.